The number of carbonyl (C=O) groups excluding carboxylic acids is 2. The van der Waals surface area contributed by atoms with Crippen LogP contribution in [0.25, 0.3) is 0 Å². The molecule has 0 aliphatic heterocycles. The van der Waals surface area contributed by atoms with Crippen LogP contribution in [0.4, 0.5) is 5.69 Å². The molecule has 1 aliphatic rings. The second-order valence-corrected chi connectivity index (χ2v) is 6.05. The predicted molar refractivity (Wildman–Crippen MR) is 91.2 cm³/mol. The van der Waals surface area contributed by atoms with Gasteiger partial charge in [-0.2, -0.15) is 0 Å². The number of fused-ring (bicyclic) bond motifs is 2. The second kappa shape index (κ2) is 6.17. The van der Waals surface area contributed by atoms with Crippen molar-refractivity contribution in [2.75, 3.05) is 12.3 Å². The first-order valence-electron chi connectivity index (χ1n) is 7.62. The molecule has 3 N–H and O–H groups in total. The van der Waals surface area contributed by atoms with Gasteiger partial charge in [-0.3, -0.25) is 9.59 Å². The number of aromatic hydroxyl groups is 1. The number of rotatable bonds is 4. The highest BCUT2D eigenvalue weighted by molar-refractivity contribution is 6.34. The molecule has 0 atom stereocenters. The largest absolute Gasteiger partial charge is 0.504 e. The molecular formula is C18H16ClNO4. The summed E-state index contributed by atoms with van der Waals surface area (Å²) in [5, 5.41) is 10.8. The van der Waals surface area contributed by atoms with Crippen molar-refractivity contribution in [3.8, 4) is 11.5 Å². The van der Waals surface area contributed by atoms with E-state index in [4.69, 9.17) is 22.1 Å². The topological polar surface area (TPSA) is 89.6 Å². The molecule has 5 nitrogen and oxygen atoms in total. The third-order valence-electron chi connectivity index (χ3n) is 3.98. The van der Waals surface area contributed by atoms with Crippen LogP contribution in [0.1, 0.15) is 51.6 Å². The SMILES string of the molecule is CCCCOc1cc(N)c2c(c1O)C(=O)c1cc(Cl)ccc1C2=O. The van der Waals surface area contributed by atoms with Gasteiger partial charge in [-0.25, -0.2) is 0 Å². The number of phenols is 1. The highest BCUT2D eigenvalue weighted by Gasteiger charge is 2.35. The first kappa shape index (κ1) is 16.3. The average Bonchev–Trinajstić information content (AvgIpc) is 2.55. The first-order chi connectivity index (χ1) is 11.5. The van der Waals surface area contributed by atoms with E-state index in [0.29, 0.717) is 11.6 Å². The molecule has 2 aromatic rings. The number of hydrogen-bond donors (Lipinski definition) is 2. The molecule has 0 unspecified atom stereocenters. The molecule has 0 bridgehead atoms. The Balaban J connectivity index is 2.16. The van der Waals surface area contributed by atoms with E-state index in [1.165, 1.54) is 24.3 Å². The number of nitrogen functional groups attached to an aromatic ring is 1. The maximum atomic E-state index is 12.8. The molecule has 0 fully saturated rings. The Bertz CT molecular complexity index is 861. The quantitative estimate of drug-likeness (QED) is 0.428. The standard InChI is InChI=1S/C18H16ClNO4/c1-2-3-6-24-13-8-12(20)14-15(18(13)23)17(22)11-7-9(19)4-5-10(11)16(14)21/h4-5,7-8,23H,2-3,6,20H2,1H3. The van der Waals surface area contributed by atoms with Crippen molar-refractivity contribution in [2.24, 2.45) is 0 Å². The minimum absolute atomic E-state index is 0.00941. The zero-order valence-electron chi connectivity index (χ0n) is 13.1. The molecule has 124 valence electrons. The lowest BCUT2D eigenvalue weighted by Crippen LogP contribution is -2.23. The number of benzene rings is 2. The monoisotopic (exact) mass is 345 g/mol. The Morgan fingerprint density at radius 3 is 2.54 bits per heavy atom. The van der Waals surface area contributed by atoms with Crippen molar-refractivity contribution in [3.63, 3.8) is 0 Å². The van der Waals surface area contributed by atoms with Crippen molar-refractivity contribution >= 4 is 28.9 Å². The number of unbranched alkanes of at least 4 members (excludes halogenated alkanes) is 1. The zero-order chi connectivity index (χ0) is 17.4. The number of carbonyl (C=O) groups is 2. The summed E-state index contributed by atoms with van der Waals surface area (Å²) in [6, 6.07) is 5.83. The van der Waals surface area contributed by atoms with Crippen LogP contribution < -0.4 is 10.5 Å². The lowest BCUT2D eigenvalue weighted by atomic mass is 9.82. The summed E-state index contributed by atoms with van der Waals surface area (Å²) >= 11 is 5.93. The normalized spacial score (nSPS) is 12.8. The summed E-state index contributed by atoms with van der Waals surface area (Å²) in [7, 11) is 0. The molecule has 0 saturated carbocycles. The summed E-state index contributed by atoms with van der Waals surface area (Å²) in [5.41, 5.74) is 6.33. The lowest BCUT2D eigenvalue weighted by Gasteiger charge is -2.21. The van der Waals surface area contributed by atoms with E-state index in [0.717, 1.165) is 12.8 Å². The van der Waals surface area contributed by atoms with Crippen LogP contribution in [-0.4, -0.2) is 23.3 Å². The van der Waals surface area contributed by atoms with E-state index in [9.17, 15) is 14.7 Å². The number of halogens is 1. The van der Waals surface area contributed by atoms with Gasteiger partial charge in [0.1, 0.15) is 0 Å². The Kier molecular flexibility index (Phi) is 4.20. The van der Waals surface area contributed by atoms with Gasteiger partial charge in [-0.15, -0.1) is 0 Å². The fourth-order valence-electron chi connectivity index (χ4n) is 2.74. The molecule has 6 heteroatoms. The molecule has 24 heavy (non-hydrogen) atoms. The van der Waals surface area contributed by atoms with Gasteiger partial charge in [0.25, 0.3) is 0 Å². The average molecular weight is 346 g/mol. The van der Waals surface area contributed by atoms with Crippen LogP contribution in [0.15, 0.2) is 24.3 Å². The van der Waals surface area contributed by atoms with E-state index >= 15 is 0 Å². The van der Waals surface area contributed by atoms with Gasteiger partial charge in [0, 0.05) is 27.9 Å². The Morgan fingerprint density at radius 2 is 1.83 bits per heavy atom. The Labute approximate surface area is 144 Å². The second-order valence-electron chi connectivity index (χ2n) is 5.61. The molecular weight excluding hydrogens is 330 g/mol. The highest BCUT2D eigenvalue weighted by Crippen LogP contribution is 2.42. The van der Waals surface area contributed by atoms with Crippen molar-refractivity contribution in [1.82, 2.24) is 0 Å². The number of hydrogen-bond acceptors (Lipinski definition) is 5. The van der Waals surface area contributed by atoms with Gasteiger partial charge in [0.05, 0.1) is 17.7 Å². The summed E-state index contributed by atoms with van der Waals surface area (Å²) in [6.07, 6.45) is 1.71. The predicted octanol–water partition coefficient (Wildman–Crippen LogP) is 3.58. The van der Waals surface area contributed by atoms with E-state index < -0.39 is 11.6 Å². The summed E-state index contributed by atoms with van der Waals surface area (Å²) in [4.78, 5) is 25.5. The Hall–Kier alpha value is -2.53. The van der Waals surface area contributed by atoms with E-state index in [1.807, 2.05) is 6.92 Å². The first-order valence-corrected chi connectivity index (χ1v) is 8.00. The van der Waals surface area contributed by atoms with Crippen molar-refractivity contribution < 1.29 is 19.4 Å². The van der Waals surface area contributed by atoms with Crippen LogP contribution in [-0.2, 0) is 0 Å². The van der Waals surface area contributed by atoms with Crippen LogP contribution in [0.5, 0.6) is 11.5 Å². The number of ether oxygens (including phenoxy) is 1. The van der Waals surface area contributed by atoms with Crippen molar-refractivity contribution in [1.29, 1.82) is 0 Å². The number of anilines is 1. The lowest BCUT2D eigenvalue weighted by molar-refractivity contribution is 0.0976. The number of phenolic OH excluding ortho intramolecular Hbond substituents is 1. The maximum Gasteiger partial charge on any atom is 0.198 e. The van der Waals surface area contributed by atoms with E-state index in [-0.39, 0.29) is 39.4 Å². The fourth-order valence-corrected chi connectivity index (χ4v) is 2.91. The molecule has 0 spiro atoms. The summed E-state index contributed by atoms with van der Waals surface area (Å²) in [5.74, 6) is -1.16. The minimum Gasteiger partial charge on any atom is -0.504 e. The van der Waals surface area contributed by atoms with Gasteiger partial charge in [0.15, 0.2) is 23.1 Å². The van der Waals surface area contributed by atoms with Gasteiger partial charge >= 0.3 is 0 Å². The van der Waals surface area contributed by atoms with Crippen LogP contribution in [0.3, 0.4) is 0 Å². The Morgan fingerprint density at radius 1 is 1.12 bits per heavy atom. The minimum atomic E-state index is -0.493. The molecule has 2 aromatic carbocycles. The van der Waals surface area contributed by atoms with Gasteiger partial charge in [-0.05, 0) is 24.6 Å². The third kappa shape index (κ3) is 2.51. The van der Waals surface area contributed by atoms with Gasteiger partial charge in [0.2, 0.25) is 0 Å². The molecule has 0 radical (unpaired) electrons. The smallest absolute Gasteiger partial charge is 0.198 e. The summed E-state index contributed by atoms with van der Waals surface area (Å²) in [6.45, 7) is 2.39. The maximum absolute atomic E-state index is 12.8. The van der Waals surface area contributed by atoms with Crippen LogP contribution >= 0.6 is 11.6 Å². The highest BCUT2D eigenvalue weighted by atomic mass is 35.5. The van der Waals surface area contributed by atoms with Gasteiger partial charge in [-0.1, -0.05) is 24.9 Å². The number of nitrogens with two attached hydrogens (primary N) is 1. The number of ketones is 2. The van der Waals surface area contributed by atoms with E-state index in [2.05, 4.69) is 0 Å². The van der Waals surface area contributed by atoms with Crippen LogP contribution in [0.2, 0.25) is 5.02 Å². The summed E-state index contributed by atoms with van der Waals surface area (Å²) < 4.78 is 5.50. The fraction of sp³-hybridized carbons (Fsp3) is 0.222. The molecule has 0 amide bonds. The van der Waals surface area contributed by atoms with Crippen LogP contribution in [0, 0.1) is 0 Å². The molecule has 0 heterocycles. The van der Waals surface area contributed by atoms with Crippen molar-refractivity contribution in [3.05, 3.63) is 51.5 Å². The van der Waals surface area contributed by atoms with Gasteiger partial charge < -0.3 is 15.6 Å². The molecule has 0 saturated heterocycles. The molecule has 1 aliphatic carbocycles. The zero-order valence-corrected chi connectivity index (χ0v) is 13.8. The third-order valence-corrected chi connectivity index (χ3v) is 4.21. The van der Waals surface area contributed by atoms with E-state index in [1.54, 1.807) is 0 Å². The van der Waals surface area contributed by atoms with Crippen molar-refractivity contribution in [2.45, 2.75) is 19.8 Å². The molecule has 0 aromatic heterocycles. The molecule has 3 rings (SSSR count).